The van der Waals surface area contributed by atoms with E-state index in [1.54, 1.807) is 11.9 Å². The molecule has 0 aromatic carbocycles. The van der Waals surface area contributed by atoms with Gasteiger partial charge in [0, 0.05) is 45.2 Å². The van der Waals surface area contributed by atoms with Crippen molar-refractivity contribution in [3.63, 3.8) is 0 Å². The zero-order chi connectivity index (χ0) is 14.8. The van der Waals surface area contributed by atoms with Crippen molar-refractivity contribution in [1.82, 2.24) is 15.1 Å². The second-order valence-corrected chi connectivity index (χ2v) is 6.32. The molecule has 0 aromatic rings. The maximum Gasteiger partial charge on any atom is 0.225 e. The van der Waals surface area contributed by atoms with Crippen molar-refractivity contribution in [3.8, 4) is 0 Å². The van der Waals surface area contributed by atoms with Crippen molar-refractivity contribution >= 4 is 11.8 Å². The Hall–Kier alpha value is -1.14. The molecule has 1 N–H and O–H groups in total. The Morgan fingerprint density at radius 3 is 2.85 bits per heavy atom. The summed E-state index contributed by atoms with van der Waals surface area (Å²) in [6, 6.07) is 0. The second kappa shape index (κ2) is 6.10. The van der Waals surface area contributed by atoms with Gasteiger partial charge >= 0.3 is 0 Å². The summed E-state index contributed by atoms with van der Waals surface area (Å²) in [5.74, 6) is -0.140. The van der Waals surface area contributed by atoms with E-state index >= 15 is 0 Å². The minimum absolute atomic E-state index is 0.00577. The number of hydrogen-bond donors (Lipinski definition) is 1. The van der Waals surface area contributed by atoms with E-state index in [9.17, 15) is 9.59 Å². The quantitative estimate of drug-likeness (QED) is 0.769. The zero-order valence-corrected chi connectivity index (χ0v) is 12.6. The number of morpholine rings is 1. The van der Waals surface area contributed by atoms with Crippen LogP contribution in [-0.4, -0.2) is 73.6 Å². The summed E-state index contributed by atoms with van der Waals surface area (Å²) in [5, 5.41) is 2.95. The minimum Gasteiger partial charge on any atom is -0.378 e. The number of carbonyl (C=O) groups is 2. The first-order valence-electron chi connectivity index (χ1n) is 7.24. The summed E-state index contributed by atoms with van der Waals surface area (Å²) in [6.45, 7) is 8.65. The number of hydrogen-bond acceptors (Lipinski definition) is 4. The number of nitrogens with one attached hydrogen (secondary N) is 1. The molecule has 114 valence electrons. The lowest BCUT2D eigenvalue weighted by Crippen LogP contribution is -2.55. The van der Waals surface area contributed by atoms with E-state index < -0.39 is 0 Å². The molecule has 0 aliphatic carbocycles. The van der Waals surface area contributed by atoms with Gasteiger partial charge in [0.1, 0.15) is 0 Å². The van der Waals surface area contributed by atoms with Crippen molar-refractivity contribution < 1.29 is 14.3 Å². The third-order valence-corrected chi connectivity index (χ3v) is 4.21. The summed E-state index contributed by atoms with van der Waals surface area (Å²) in [4.78, 5) is 27.4. The molecule has 2 amide bonds. The molecule has 2 saturated heterocycles. The lowest BCUT2D eigenvalue weighted by atomic mass is 10.0. The van der Waals surface area contributed by atoms with Gasteiger partial charge in [0.25, 0.3) is 0 Å². The SMILES string of the molecule is CN1CC(C(=O)NCCN2CCOCC2(C)C)CC1=O. The molecule has 0 aromatic heterocycles. The molecule has 2 fully saturated rings. The maximum atomic E-state index is 12.0. The highest BCUT2D eigenvalue weighted by Gasteiger charge is 2.33. The molecule has 2 aliphatic rings. The van der Waals surface area contributed by atoms with Crippen LogP contribution in [0.5, 0.6) is 0 Å². The summed E-state index contributed by atoms with van der Waals surface area (Å²) in [5.41, 5.74) is 0.0204. The van der Waals surface area contributed by atoms with Crippen molar-refractivity contribution in [1.29, 1.82) is 0 Å². The van der Waals surface area contributed by atoms with Crippen LogP contribution in [0.3, 0.4) is 0 Å². The summed E-state index contributed by atoms with van der Waals surface area (Å²) >= 11 is 0. The normalized spacial score (nSPS) is 26.9. The van der Waals surface area contributed by atoms with E-state index in [1.165, 1.54) is 0 Å². The van der Waals surface area contributed by atoms with Gasteiger partial charge in [0.2, 0.25) is 11.8 Å². The van der Waals surface area contributed by atoms with Crippen LogP contribution in [0.15, 0.2) is 0 Å². The fraction of sp³-hybridized carbons (Fsp3) is 0.857. The van der Waals surface area contributed by atoms with Crippen molar-refractivity contribution in [2.75, 3.05) is 46.4 Å². The summed E-state index contributed by atoms with van der Waals surface area (Å²) < 4.78 is 5.48. The Balaban J connectivity index is 1.73. The third kappa shape index (κ3) is 3.49. The Morgan fingerprint density at radius 2 is 2.25 bits per heavy atom. The van der Waals surface area contributed by atoms with Crippen molar-refractivity contribution in [3.05, 3.63) is 0 Å². The molecule has 2 aliphatic heterocycles. The molecular formula is C14H25N3O3. The van der Waals surface area contributed by atoms with Gasteiger partial charge in [-0.2, -0.15) is 0 Å². The topological polar surface area (TPSA) is 61.9 Å². The highest BCUT2D eigenvalue weighted by Crippen LogP contribution is 2.18. The maximum absolute atomic E-state index is 12.0. The van der Waals surface area contributed by atoms with E-state index in [1.807, 2.05) is 0 Å². The number of likely N-dealkylation sites (tertiary alicyclic amines) is 1. The minimum atomic E-state index is -0.190. The van der Waals surface area contributed by atoms with Crippen LogP contribution in [0, 0.1) is 5.92 Å². The van der Waals surface area contributed by atoms with Crippen LogP contribution < -0.4 is 5.32 Å². The van der Waals surface area contributed by atoms with E-state index in [2.05, 4.69) is 24.1 Å². The van der Waals surface area contributed by atoms with E-state index in [0.717, 1.165) is 26.3 Å². The fourth-order valence-electron chi connectivity index (χ4n) is 2.80. The standard InChI is InChI=1S/C14H25N3O3/c1-14(2)10-20-7-6-17(14)5-4-15-13(19)11-8-12(18)16(3)9-11/h11H,4-10H2,1-3H3,(H,15,19). The smallest absolute Gasteiger partial charge is 0.225 e. The summed E-state index contributed by atoms with van der Waals surface area (Å²) in [6.07, 6.45) is 0.339. The van der Waals surface area contributed by atoms with Gasteiger partial charge in [-0.3, -0.25) is 14.5 Å². The average Bonchev–Trinajstić information content (AvgIpc) is 2.71. The van der Waals surface area contributed by atoms with Gasteiger partial charge in [-0.1, -0.05) is 0 Å². The first-order chi connectivity index (χ1) is 9.40. The number of amides is 2. The molecule has 0 spiro atoms. The molecule has 1 unspecified atom stereocenters. The van der Waals surface area contributed by atoms with Crippen molar-refractivity contribution in [2.24, 2.45) is 5.92 Å². The van der Waals surface area contributed by atoms with Crippen LogP contribution in [0.1, 0.15) is 20.3 Å². The van der Waals surface area contributed by atoms with Gasteiger partial charge in [-0.05, 0) is 13.8 Å². The highest BCUT2D eigenvalue weighted by atomic mass is 16.5. The lowest BCUT2D eigenvalue weighted by Gasteiger charge is -2.42. The average molecular weight is 283 g/mol. The zero-order valence-electron chi connectivity index (χ0n) is 12.6. The van der Waals surface area contributed by atoms with Crippen LogP contribution in [0.25, 0.3) is 0 Å². The molecule has 6 nitrogen and oxygen atoms in total. The fourth-order valence-corrected chi connectivity index (χ4v) is 2.80. The van der Waals surface area contributed by atoms with Gasteiger partial charge in [0.15, 0.2) is 0 Å². The van der Waals surface area contributed by atoms with Crippen LogP contribution >= 0.6 is 0 Å². The second-order valence-electron chi connectivity index (χ2n) is 6.32. The number of rotatable bonds is 4. The number of nitrogens with zero attached hydrogens (tertiary/aromatic N) is 2. The first-order valence-corrected chi connectivity index (χ1v) is 7.24. The molecular weight excluding hydrogens is 258 g/mol. The molecule has 20 heavy (non-hydrogen) atoms. The first kappa shape index (κ1) is 15.3. The largest absolute Gasteiger partial charge is 0.378 e. The molecule has 2 heterocycles. The molecule has 2 rings (SSSR count). The molecule has 0 bridgehead atoms. The molecule has 0 saturated carbocycles. The van der Waals surface area contributed by atoms with E-state index in [-0.39, 0.29) is 23.3 Å². The molecule has 0 radical (unpaired) electrons. The van der Waals surface area contributed by atoms with Gasteiger partial charge in [-0.15, -0.1) is 0 Å². The van der Waals surface area contributed by atoms with Crippen LogP contribution in [-0.2, 0) is 14.3 Å². The lowest BCUT2D eigenvalue weighted by molar-refractivity contribution is -0.128. The molecule has 6 heteroatoms. The Labute approximate surface area is 120 Å². The van der Waals surface area contributed by atoms with E-state index in [0.29, 0.717) is 19.5 Å². The van der Waals surface area contributed by atoms with Crippen LogP contribution in [0.2, 0.25) is 0 Å². The summed E-state index contributed by atoms with van der Waals surface area (Å²) in [7, 11) is 1.74. The van der Waals surface area contributed by atoms with Crippen LogP contribution in [0.4, 0.5) is 0 Å². The van der Waals surface area contributed by atoms with Crippen molar-refractivity contribution in [2.45, 2.75) is 25.8 Å². The van der Waals surface area contributed by atoms with Gasteiger partial charge in [-0.25, -0.2) is 0 Å². The Kier molecular flexibility index (Phi) is 4.65. The van der Waals surface area contributed by atoms with E-state index in [4.69, 9.17) is 4.74 Å². The predicted molar refractivity (Wildman–Crippen MR) is 75.2 cm³/mol. The van der Waals surface area contributed by atoms with Gasteiger partial charge in [0.05, 0.1) is 19.1 Å². The Bertz CT molecular complexity index is 384. The number of carbonyl (C=O) groups excluding carboxylic acids is 2. The third-order valence-electron chi connectivity index (χ3n) is 4.21. The Morgan fingerprint density at radius 1 is 1.50 bits per heavy atom. The monoisotopic (exact) mass is 283 g/mol. The molecule has 1 atom stereocenters. The number of ether oxygens (including phenoxy) is 1. The highest BCUT2D eigenvalue weighted by molar-refractivity contribution is 5.89. The predicted octanol–water partition coefficient (Wildman–Crippen LogP) is -0.308. The van der Waals surface area contributed by atoms with Gasteiger partial charge < -0.3 is 15.0 Å².